The number of carbonyl (C=O) groups excluding carboxylic acids is 1. The lowest BCUT2D eigenvalue weighted by molar-refractivity contribution is -0.119. The van der Waals surface area contributed by atoms with Crippen LogP contribution in [0.1, 0.15) is 19.3 Å². The van der Waals surface area contributed by atoms with E-state index in [1.807, 2.05) is 0 Å². The van der Waals surface area contributed by atoms with E-state index in [2.05, 4.69) is 5.32 Å². The average Bonchev–Trinajstić information content (AvgIpc) is 2.82. The van der Waals surface area contributed by atoms with Gasteiger partial charge in [0.25, 0.3) is 0 Å². The third kappa shape index (κ3) is 7.29. The van der Waals surface area contributed by atoms with Gasteiger partial charge >= 0.3 is 0 Å². The predicted molar refractivity (Wildman–Crippen MR) is 131 cm³/mol. The molecule has 0 aliphatic carbocycles. The summed E-state index contributed by atoms with van der Waals surface area (Å²) in [4.78, 5) is 12.5. The Labute approximate surface area is 209 Å². The largest absolute Gasteiger partial charge is 0.492 e. The Kier molecular flexibility index (Phi) is 8.97. The summed E-state index contributed by atoms with van der Waals surface area (Å²) in [5.41, 5.74) is 0.0601. The first-order valence-electron chi connectivity index (χ1n) is 10.9. The van der Waals surface area contributed by atoms with Crippen molar-refractivity contribution in [3.63, 3.8) is 0 Å². The maximum absolute atomic E-state index is 13.4. The fraction of sp³-hybridized carbons (Fsp3) is 0.409. The number of hydrogen-bond donors (Lipinski definition) is 1. The van der Waals surface area contributed by atoms with Crippen LogP contribution in [0, 0.1) is 5.82 Å². The van der Waals surface area contributed by atoms with Crippen molar-refractivity contribution < 1.29 is 30.8 Å². The number of benzene rings is 2. The number of nitrogens with one attached hydrogen (secondary N) is 1. The molecule has 192 valence electrons. The highest BCUT2D eigenvalue weighted by atomic mass is 35.5. The van der Waals surface area contributed by atoms with E-state index in [9.17, 15) is 26.0 Å². The van der Waals surface area contributed by atoms with Gasteiger partial charge in [0.2, 0.25) is 26.0 Å². The van der Waals surface area contributed by atoms with Gasteiger partial charge in [-0.25, -0.2) is 21.2 Å². The second-order valence-electron chi connectivity index (χ2n) is 8.00. The fourth-order valence-electron chi connectivity index (χ4n) is 3.55. The van der Waals surface area contributed by atoms with Gasteiger partial charge in [-0.1, -0.05) is 18.0 Å². The Balaban J connectivity index is 1.50. The van der Waals surface area contributed by atoms with Crippen molar-refractivity contribution in [1.82, 2.24) is 9.62 Å². The van der Waals surface area contributed by atoms with Crippen LogP contribution in [0.3, 0.4) is 0 Å². The molecule has 1 N–H and O–H groups in total. The number of anilines is 1. The van der Waals surface area contributed by atoms with Crippen LogP contribution in [0.2, 0.25) is 5.02 Å². The van der Waals surface area contributed by atoms with Gasteiger partial charge in [0.15, 0.2) is 0 Å². The molecule has 0 bridgehead atoms. The maximum Gasteiger partial charge on any atom is 0.243 e. The first kappa shape index (κ1) is 27.2. The summed E-state index contributed by atoms with van der Waals surface area (Å²) < 4.78 is 70.9. The first-order valence-corrected chi connectivity index (χ1v) is 14.6. The van der Waals surface area contributed by atoms with E-state index < -0.39 is 38.3 Å². The molecular formula is C22H27ClFN3O6S2. The zero-order valence-electron chi connectivity index (χ0n) is 19.1. The van der Waals surface area contributed by atoms with Crippen molar-refractivity contribution in [2.75, 3.05) is 43.3 Å². The lowest BCUT2D eigenvalue weighted by atomic mass is 10.2. The molecule has 35 heavy (non-hydrogen) atoms. The summed E-state index contributed by atoms with van der Waals surface area (Å²) >= 11 is 5.73. The van der Waals surface area contributed by atoms with E-state index in [4.69, 9.17) is 16.3 Å². The molecule has 0 unspecified atom stereocenters. The molecule has 2 aromatic carbocycles. The van der Waals surface area contributed by atoms with Gasteiger partial charge in [-0.3, -0.25) is 9.10 Å². The minimum absolute atomic E-state index is 0.0601. The lowest BCUT2D eigenvalue weighted by Crippen LogP contribution is -2.41. The van der Waals surface area contributed by atoms with Crippen molar-refractivity contribution in [3.8, 4) is 5.75 Å². The molecule has 13 heteroatoms. The third-order valence-electron chi connectivity index (χ3n) is 5.35. The van der Waals surface area contributed by atoms with Crippen molar-refractivity contribution in [1.29, 1.82) is 0 Å². The summed E-state index contributed by atoms with van der Waals surface area (Å²) in [5.74, 6) is -0.874. The van der Waals surface area contributed by atoms with Gasteiger partial charge in [-0.15, -0.1) is 0 Å². The molecule has 2 aromatic rings. The molecule has 1 heterocycles. The molecular weight excluding hydrogens is 521 g/mol. The van der Waals surface area contributed by atoms with Crippen molar-refractivity contribution >= 4 is 43.2 Å². The number of rotatable bonds is 10. The Hall–Kier alpha value is -2.41. The molecule has 0 saturated carbocycles. The number of ether oxygens (including phenoxy) is 1. The van der Waals surface area contributed by atoms with Gasteiger partial charge in [-0.2, -0.15) is 4.31 Å². The van der Waals surface area contributed by atoms with Gasteiger partial charge < -0.3 is 10.1 Å². The number of carbonyl (C=O) groups is 1. The Morgan fingerprint density at radius 3 is 2.34 bits per heavy atom. The summed E-state index contributed by atoms with van der Waals surface area (Å²) in [5, 5.41) is 2.29. The van der Waals surface area contributed by atoms with E-state index in [0.29, 0.717) is 18.8 Å². The molecule has 1 fully saturated rings. The van der Waals surface area contributed by atoms with Crippen LogP contribution in [0.15, 0.2) is 47.4 Å². The minimum Gasteiger partial charge on any atom is -0.492 e. The number of sulfonamides is 2. The first-order chi connectivity index (χ1) is 16.5. The number of hydrogen-bond acceptors (Lipinski definition) is 6. The topological polar surface area (TPSA) is 113 Å². The van der Waals surface area contributed by atoms with Crippen LogP contribution in [0.4, 0.5) is 10.1 Å². The highest BCUT2D eigenvalue weighted by Gasteiger charge is 2.26. The molecule has 1 aliphatic rings. The van der Waals surface area contributed by atoms with E-state index in [0.717, 1.165) is 42.0 Å². The van der Waals surface area contributed by atoms with Crippen LogP contribution in [-0.4, -0.2) is 66.1 Å². The number of nitrogens with zero attached hydrogens (tertiary/aromatic N) is 2. The fourth-order valence-corrected chi connectivity index (χ4v) is 6.09. The van der Waals surface area contributed by atoms with Gasteiger partial charge in [0.1, 0.15) is 24.7 Å². The molecule has 0 radical (unpaired) electrons. The molecule has 1 aliphatic heterocycles. The molecule has 0 aromatic heterocycles. The summed E-state index contributed by atoms with van der Waals surface area (Å²) in [6.07, 6.45) is 3.66. The van der Waals surface area contributed by atoms with Crippen molar-refractivity contribution in [2.24, 2.45) is 0 Å². The number of amides is 1. The summed E-state index contributed by atoms with van der Waals surface area (Å²) in [6, 6.07) is 9.41. The van der Waals surface area contributed by atoms with E-state index in [1.165, 1.54) is 22.5 Å². The average molecular weight is 548 g/mol. The van der Waals surface area contributed by atoms with Gasteiger partial charge in [0.05, 0.1) is 28.4 Å². The Morgan fingerprint density at radius 1 is 1.09 bits per heavy atom. The third-order valence-corrected chi connectivity index (χ3v) is 8.69. The normalized spacial score (nSPS) is 14.9. The van der Waals surface area contributed by atoms with Crippen LogP contribution in [0.25, 0.3) is 0 Å². The molecule has 0 atom stereocenters. The second-order valence-corrected chi connectivity index (χ2v) is 12.3. The smallest absolute Gasteiger partial charge is 0.243 e. The standard InChI is InChI=1S/C22H27ClFN3O6S2/c1-34(29,30)27(17-5-10-21(24)20(23)15-17)16-22(28)25-11-14-33-18-6-8-19(9-7-18)35(31,32)26-12-3-2-4-13-26/h5-10,15H,2-4,11-14,16H2,1H3,(H,25,28). The SMILES string of the molecule is CS(=O)(=O)N(CC(=O)NCCOc1ccc(S(=O)(=O)N2CCCCC2)cc1)c1ccc(F)c(Cl)c1. The molecule has 1 saturated heterocycles. The number of piperidine rings is 1. The van der Waals surface area contributed by atoms with Crippen molar-refractivity contribution in [3.05, 3.63) is 53.3 Å². The van der Waals surface area contributed by atoms with E-state index in [1.54, 1.807) is 12.1 Å². The van der Waals surface area contributed by atoms with E-state index >= 15 is 0 Å². The molecule has 9 nitrogen and oxygen atoms in total. The highest BCUT2D eigenvalue weighted by Crippen LogP contribution is 2.25. The lowest BCUT2D eigenvalue weighted by Gasteiger charge is -2.25. The van der Waals surface area contributed by atoms with Crippen LogP contribution in [0.5, 0.6) is 5.75 Å². The maximum atomic E-state index is 13.4. The molecule has 0 spiro atoms. The van der Waals surface area contributed by atoms with E-state index in [-0.39, 0.29) is 28.8 Å². The predicted octanol–water partition coefficient (Wildman–Crippen LogP) is 2.61. The Bertz CT molecular complexity index is 1250. The van der Waals surface area contributed by atoms with Gasteiger partial charge in [0, 0.05) is 13.1 Å². The summed E-state index contributed by atoms with van der Waals surface area (Å²) in [7, 11) is -7.36. The monoisotopic (exact) mass is 547 g/mol. The summed E-state index contributed by atoms with van der Waals surface area (Å²) in [6.45, 7) is 0.667. The minimum atomic E-state index is -3.83. The van der Waals surface area contributed by atoms with Crippen LogP contribution >= 0.6 is 11.6 Å². The quantitative estimate of drug-likeness (QED) is 0.458. The Morgan fingerprint density at radius 2 is 1.74 bits per heavy atom. The molecule has 1 amide bonds. The molecule has 3 rings (SSSR count). The van der Waals surface area contributed by atoms with Crippen LogP contribution in [-0.2, 0) is 24.8 Å². The second kappa shape index (κ2) is 11.5. The van der Waals surface area contributed by atoms with Crippen molar-refractivity contribution in [2.45, 2.75) is 24.2 Å². The zero-order valence-corrected chi connectivity index (χ0v) is 21.5. The highest BCUT2D eigenvalue weighted by molar-refractivity contribution is 7.92. The van der Waals surface area contributed by atoms with Crippen LogP contribution < -0.4 is 14.4 Å². The zero-order chi connectivity index (χ0) is 25.6. The number of halogens is 2. The van der Waals surface area contributed by atoms with Gasteiger partial charge in [-0.05, 0) is 55.3 Å².